The largest absolute Gasteiger partial charge is 0.353 e. The van der Waals surface area contributed by atoms with Gasteiger partial charge in [0, 0.05) is 50.3 Å². The molecule has 3 aliphatic rings. The van der Waals surface area contributed by atoms with Crippen LogP contribution in [0.4, 0.5) is 11.6 Å². The number of rotatable bonds is 5. The van der Waals surface area contributed by atoms with Gasteiger partial charge < -0.3 is 9.80 Å². The predicted octanol–water partition coefficient (Wildman–Crippen LogP) is 3.07. The molecule has 0 amide bonds. The van der Waals surface area contributed by atoms with Gasteiger partial charge in [0.15, 0.2) is 5.16 Å². The molecule has 3 fully saturated rings. The third-order valence-electron chi connectivity index (χ3n) is 5.42. The molecule has 0 spiro atoms. The molecule has 7 heteroatoms. The Bertz CT molecular complexity index is 796. The summed E-state index contributed by atoms with van der Waals surface area (Å²) in [6.45, 7) is 3.88. The molecule has 5 rings (SSSR count). The maximum atomic E-state index is 4.80. The smallest absolute Gasteiger partial charge is 0.189 e. The van der Waals surface area contributed by atoms with Crippen molar-refractivity contribution < 1.29 is 0 Å². The van der Waals surface area contributed by atoms with Crippen LogP contribution in [0.5, 0.6) is 0 Å². The van der Waals surface area contributed by atoms with Crippen LogP contribution in [-0.4, -0.2) is 52.4 Å². The highest BCUT2D eigenvalue weighted by Crippen LogP contribution is 2.40. The highest BCUT2D eigenvalue weighted by atomic mass is 32.2. The molecule has 3 heterocycles. The number of piperazine rings is 1. The average molecular weight is 369 g/mol. The maximum Gasteiger partial charge on any atom is 0.189 e. The highest BCUT2D eigenvalue weighted by molar-refractivity contribution is 7.98. The minimum absolute atomic E-state index is 0.600. The van der Waals surface area contributed by atoms with Crippen LogP contribution in [0.25, 0.3) is 0 Å². The van der Waals surface area contributed by atoms with Crippen molar-refractivity contribution in [2.75, 3.05) is 42.2 Å². The zero-order chi connectivity index (χ0) is 17.5. The third-order valence-corrected chi connectivity index (χ3v) is 5.97. The molecule has 0 bridgehead atoms. The third kappa shape index (κ3) is 3.37. The van der Waals surface area contributed by atoms with E-state index in [9.17, 15) is 0 Å². The van der Waals surface area contributed by atoms with Crippen molar-refractivity contribution in [3.8, 4) is 0 Å². The molecule has 1 saturated heterocycles. The van der Waals surface area contributed by atoms with Crippen molar-refractivity contribution in [3.05, 3.63) is 29.8 Å². The van der Waals surface area contributed by atoms with Gasteiger partial charge >= 0.3 is 0 Å². The van der Waals surface area contributed by atoms with Gasteiger partial charge in [-0.05, 0) is 38.0 Å². The number of aromatic nitrogens is 4. The molecule has 2 aromatic rings. The molecule has 136 valence electrons. The Labute approximate surface area is 158 Å². The van der Waals surface area contributed by atoms with Crippen molar-refractivity contribution in [1.29, 1.82) is 0 Å². The van der Waals surface area contributed by atoms with E-state index in [0.717, 1.165) is 48.8 Å². The van der Waals surface area contributed by atoms with Crippen molar-refractivity contribution in [3.63, 3.8) is 0 Å². The average Bonchev–Trinajstić information content (AvgIpc) is 3.60. The van der Waals surface area contributed by atoms with E-state index < -0.39 is 0 Å². The summed E-state index contributed by atoms with van der Waals surface area (Å²) < 4.78 is 0. The predicted molar refractivity (Wildman–Crippen MR) is 104 cm³/mol. The Kier molecular flexibility index (Phi) is 4.19. The van der Waals surface area contributed by atoms with Crippen LogP contribution in [0.2, 0.25) is 0 Å². The normalized spacial score (nSPS) is 20.5. The maximum absolute atomic E-state index is 4.80. The van der Waals surface area contributed by atoms with Crippen LogP contribution < -0.4 is 9.80 Å². The molecule has 1 aliphatic heterocycles. The lowest BCUT2D eigenvalue weighted by Gasteiger charge is -2.36. The quantitative estimate of drug-likeness (QED) is 0.594. The monoisotopic (exact) mass is 368 g/mol. The van der Waals surface area contributed by atoms with Crippen LogP contribution in [0, 0.1) is 0 Å². The van der Waals surface area contributed by atoms with Crippen molar-refractivity contribution in [1.82, 2.24) is 19.9 Å². The summed E-state index contributed by atoms with van der Waals surface area (Å²) in [6.07, 6.45) is 9.00. The molecule has 2 aliphatic carbocycles. The summed E-state index contributed by atoms with van der Waals surface area (Å²) in [5.74, 6) is 4.45. The van der Waals surface area contributed by atoms with Gasteiger partial charge in [-0.2, -0.15) is 0 Å². The zero-order valence-corrected chi connectivity index (χ0v) is 16.0. The highest BCUT2D eigenvalue weighted by Gasteiger charge is 2.29. The van der Waals surface area contributed by atoms with Crippen LogP contribution in [0.1, 0.15) is 49.0 Å². The zero-order valence-electron chi connectivity index (χ0n) is 15.1. The molecular formula is C19H24N6S. The minimum atomic E-state index is 0.600. The van der Waals surface area contributed by atoms with Gasteiger partial charge in [0.05, 0.1) is 5.69 Å². The van der Waals surface area contributed by atoms with E-state index in [1.807, 2.05) is 12.3 Å². The standard InChI is InChI=1S/C19H24N6S/c1-26-19-21-15(13-2-3-13)12-17(23-19)25-10-8-24(9-11-25)16-6-7-20-18(22-16)14-4-5-14/h6-7,12-14H,2-5,8-11H2,1H3. The van der Waals surface area contributed by atoms with E-state index in [-0.39, 0.29) is 0 Å². The lowest BCUT2D eigenvalue weighted by molar-refractivity contribution is 0.634. The molecule has 26 heavy (non-hydrogen) atoms. The Morgan fingerprint density at radius 1 is 0.885 bits per heavy atom. The summed E-state index contributed by atoms with van der Waals surface area (Å²) in [6, 6.07) is 4.26. The van der Waals surface area contributed by atoms with Gasteiger partial charge in [-0.1, -0.05) is 11.8 Å². The van der Waals surface area contributed by atoms with Crippen molar-refractivity contribution in [2.24, 2.45) is 0 Å². The number of nitrogens with zero attached hydrogens (tertiary/aromatic N) is 6. The van der Waals surface area contributed by atoms with Gasteiger partial charge in [-0.3, -0.25) is 0 Å². The van der Waals surface area contributed by atoms with Gasteiger partial charge in [0.25, 0.3) is 0 Å². The molecular weight excluding hydrogens is 344 g/mol. The first-order valence-electron chi connectivity index (χ1n) is 9.56. The summed E-state index contributed by atoms with van der Waals surface area (Å²) in [4.78, 5) is 23.5. The van der Waals surface area contributed by atoms with Gasteiger partial charge in [0.2, 0.25) is 0 Å². The van der Waals surface area contributed by atoms with E-state index in [1.54, 1.807) is 11.8 Å². The summed E-state index contributed by atoms with van der Waals surface area (Å²) >= 11 is 1.64. The van der Waals surface area contributed by atoms with Crippen LogP contribution in [-0.2, 0) is 0 Å². The Hall–Kier alpha value is -1.89. The van der Waals surface area contributed by atoms with Gasteiger partial charge in [0.1, 0.15) is 17.5 Å². The minimum Gasteiger partial charge on any atom is -0.353 e. The van der Waals surface area contributed by atoms with Crippen LogP contribution >= 0.6 is 11.8 Å². The summed E-state index contributed by atoms with van der Waals surface area (Å²) in [7, 11) is 0. The fourth-order valence-electron chi connectivity index (χ4n) is 3.51. The number of anilines is 2. The molecule has 2 aromatic heterocycles. The van der Waals surface area contributed by atoms with Crippen LogP contribution in [0.3, 0.4) is 0 Å². The van der Waals surface area contributed by atoms with E-state index in [4.69, 9.17) is 15.0 Å². The van der Waals surface area contributed by atoms with Crippen LogP contribution in [0.15, 0.2) is 23.5 Å². The summed E-state index contributed by atoms with van der Waals surface area (Å²) in [5, 5.41) is 0.900. The number of hydrogen-bond donors (Lipinski definition) is 0. The van der Waals surface area contributed by atoms with Gasteiger partial charge in [-0.15, -0.1) is 0 Å². The fraction of sp³-hybridized carbons (Fsp3) is 0.579. The molecule has 0 aromatic carbocycles. The summed E-state index contributed by atoms with van der Waals surface area (Å²) in [5.41, 5.74) is 1.23. The molecule has 0 N–H and O–H groups in total. The topological polar surface area (TPSA) is 58.0 Å². The first kappa shape index (κ1) is 16.3. The SMILES string of the molecule is CSc1nc(C2CC2)cc(N2CCN(c3ccnc(C4CC4)n3)CC2)n1. The molecule has 0 radical (unpaired) electrons. The second kappa shape index (κ2) is 6.68. The second-order valence-corrected chi connectivity index (χ2v) is 8.21. The van der Waals surface area contributed by atoms with E-state index >= 15 is 0 Å². The Balaban J connectivity index is 1.29. The lowest BCUT2D eigenvalue weighted by atomic mass is 10.2. The molecule has 6 nitrogen and oxygen atoms in total. The van der Waals surface area contributed by atoms with Gasteiger partial charge in [-0.25, -0.2) is 19.9 Å². The Morgan fingerprint density at radius 3 is 2.23 bits per heavy atom. The van der Waals surface area contributed by atoms with E-state index in [1.165, 1.54) is 31.4 Å². The van der Waals surface area contributed by atoms with Crippen molar-refractivity contribution >= 4 is 23.4 Å². The molecule has 2 saturated carbocycles. The van der Waals surface area contributed by atoms with Crippen molar-refractivity contribution in [2.45, 2.75) is 42.7 Å². The fourth-order valence-corrected chi connectivity index (χ4v) is 3.90. The second-order valence-electron chi connectivity index (χ2n) is 7.43. The number of hydrogen-bond acceptors (Lipinski definition) is 7. The molecule has 0 atom stereocenters. The first-order chi connectivity index (χ1) is 12.8. The Morgan fingerprint density at radius 2 is 1.58 bits per heavy atom. The van der Waals surface area contributed by atoms with E-state index in [0.29, 0.717) is 11.8 Å². The van der Waals surface area contributed by atoms with E-state index in [2.05, 4.69) is 27.1 Å². The number of thioether (sulfide) groups is 1. The first-order valence-corrected chi connectivity index (χ1v) is 10.8. The molecule has 0 unspecified atom stereocenters. The lowest BCUT2D eigenvalue weighted by Crippen LogP contribution is -2.47.